The molecule has 2 aromatic carbocycles. The second-order valence-electron chi connectivity index (χ2n) is 7.35. The van der Waals surface area contributed by atoms with E-state index in [1.165, 1.54) is 18.9 Å². The average Bonchev–Trinajstić information content (AvgIpc) is 2.87. The van der Waals surface area contributed by atoms with Gasteiger partial charge in [-0.05, 0) is 36.6 Å². The molecule has 1 saturated heterocycles. The molecule has 1 aromatic heterocycles. The van der Waals surface area contributed by atoms with Crippen molar-refractivity contribution in [2.24, 2.45) is 0 Å². The summed E-state index contributed by atoms with van der Waals surface area (Å²) in [5.74, 6) is 0.481. The summed E-state index contributed by atoms with van der Waals surface area (Å²) in [5, 5.41) is 1.15. The van der Waals surface area contributed by atoms with E-state index in [0.29, 0.717) is 12.3 Å². The molecule has 1 amide bonds. The number of thioether (sulfide) groups is 1. The van der Waals surface area contributed by atoms with Gasteiger partial charge in [0.15, 0.2) is 0 Å². The molecule has 0 atom stereocenters. The fraction of sp³-hybridized carbons (Fsp3) is 0.348. The van der Waals surface area contributed by atoms with Crippen LogP contribution in [0.15, 0.2) is 59.6 Å². The van der Waals surface area contributed by atoms with Gasteiger partial charge >= 0.3 is 0 Å². The number of halogens is 1. The van der Waals surface area contributed by atoms with Crippen molar-refractivity contribution in [2.45, 2.75) is 37.1 Å². The fourth-order valence-electron chi connectivity index (χ4n) is 3.84. The van der Waals surface area contributed by atoms with Crippen LogP contribution in [0.25, 0.3) is 10.9 Å². The fourth-order valence-corrected chi connectivity index (χ4v) is 4.83. The topological polar surface area (TPSA) is 25.2 Å². The molecule has 3 aromatic rings. The zero-order chi connectivity index (χ0) is 19.3. The van der Waals surface area contributed by atoms with Gasteiger partial charge in [0.05, 0.1) is 5.75 Å². The summed E-state index contributed by atoms with van der Waals surface area (Å²) in [4.78, 5) is 15.8. The smallest absolute Gasteiger partial charge is 0.232 e. The summed E-state index contributed by atoms with van der Waals surface area (Å²) in [5.41, 5.74) is 2.04. The number of benzene rings is 2. The Bertz CT molecular complexity index is 960. The number of para-hydroxylation sites is 1. The number of carbonyl (C=O) groups excluding carboxylic acids is 1. The maximum Gasteiger partial charge on any atom is 0.232 e. The van der Waals surface area contributed by atoms with Gasteiger partial charge in [-0.15, -0.1) is 11.8 Å². The largest absolute Gasteiger partial charge is 0.342 e. The lowest BCUT2D eigenvalue weighted by molar-refractivity contribution is -0.128. The van der Waals surface area contributed by atoms with Crippen molar-refractivity contribution in [1.29, 1.82) is 0 Å². The number of nitrogens with zero attached hydrogens (tertiary/aromatic N) is 2. The number of carbonyl (C=O) groups is 1. The molecule has 0 N–H and O–H groups in total. The van der Waals surface area contributed by atoms with E-state index in [9.17, 15) is 9.18 Å². The molecule has 1 aliphatic rings. The van der Waals surface area contributed by atoms with Crippen molar-refractivity contribution >= 4 is 28.6 Å². The van der Waals surface area contributed by atoms with E-state index in [4.69, 9.17) is 0 Å². The van der Waals surface area contributed by atoms with E-state index in [0.717, 1.165) is 47.3 Å². The maximum atomic E-state index is 13.5. The van der Waals surface area contributed by atoms with Crippen molar-refractivity contribution in [1.82, 2.24) is 9.47 Å². The van der Waals surface area contributed by atoms with Crippen LogP contribution in [-0.2, 0) is 11.3 Å². The lowest BCUT2D eigenvalue weighted by Gasteiger charge is -2.19. The molecule has 2 heterocycles. The van der Waals surface area contributed by atoms with Crippen LogP contribution in [0.3, 0.4) is 0 Å². The number of rotatable bonds is 5. The van der Waals surface area contributed by atoms with Crippen molar-refractivity contribution in [3.63, 3.8) is 0 Å². The third-order valence-electron chi connectivity index (χ3n) is 5.30. The zero-order valence-corrected chi connectivity index (χ0v) is 16.8. The van der Waals surface area contributed by atoms with Crippen LogP contribution in [0.4, 0.5) is 4.39 Å². The summed E-state index contributed by atoms with van der Waals surface area (Å²) in [6, 6.07) is 14.9. The van der Waals surface area contributed by atoms with Crippen LogP contribution < -0.4 is 0 Å². The van der Waals surface area contributed by atoms with E-state index < -0.39 is 0 Å². The van der Waals surface area contributed by atoms with Gasteiger partial charge in [-0.2, -0.15) is 0 Å². The third kappa shape index (κ3) is 4.41. The van der Waals surface area contributed by atoms with Gasteiger partial charge in [-0.1, -0.05) is 43.2 Å². The molecule has 0 aliphatic carbocycles. The second kappa shape index (κ2) is 8.82. The average molecular weight is 397 g/mol. The molecule has 1 aliphatic heterocycles. The van der Waals surface area contributed by atoms with Gasteiger partial charge in [-0.25, -0.2) is 4.39 Å². The number of amides is 1. The number of hydrogen-bond donors (Lipinski definition) is 0. The first-order valence-electron chi connectivity index (χ1n) is 9.93. The van der Waals surface area contributed by atoms with Crippen molar-refractivity contribution < 1.29 is 9.18 Å². The summed E-state index contributed by atoms with van der Waals surface area (Å²) < 4.78 is 15.7. The van der Waals surface area contributed by atoms with E-state index >= 15 is 0 Å². The van der Waals surface area contributed by atoms with E-state index in [1.54, 1.807) is 23.9 Å². The normalized spacial score (nSPS) is 15.0. The molecule has 0 unspecified atom stereocenters. The number of likely N-dealkylation sites (tertiary alicyclic amines) is 1. The summed E-state index contributed by atoms with van der Waals surface area (Å²) >= 11 is 1.61. The Kier molecular flexibility index (Phi) is 6.01. The van der Waals surface area contributed by atoms with Gasteiger partial charge in [0.25, 0.3) is 0 Å². The van der Waals surface area contributed by atoms with Gasteiger partial charge in [0.2, 0.25) is 5.91 Å². The van der Waals surface area contributed by atoms with Crippen LogP contribution in [0, 0.1) is 5.82 Å². The zero-order valence-electron chi connectivity index (χ0n) is 15.9. The predicted molar refractivity (Wildman–Crippen MR) is 113 cm³/mol. The molecule has 0 saturated carbocycles. The van der Waals surface area contributed by atoms with Gasteiger partial charge < -0.3 is 9.47 Å². The number of aromatic nitrogens is 1. The van der Waals surface area contributed by atoms with Crippen LogP contribution >= 0.6 is 11.8 Å². The van der Waals surface area contributed by atoms with Gasteiger partial charge in [0, 0.05) is 41.6 Å². The van der Waals surface area contributed by atoms with Gasteiger partial charge in [0.1, 0.15) is 5.82 Å². The minimum Gasteiger partial charge on any atom is -0.342 e. The summed E-state index contributed by atoms with van der Waals surface area (Å²) in [6.45, 7) is 2.39. The quantitative estimate of drug-likeness (QED) is 0.545. The van der Waals surface area contributed by atoms with E-state index in [2.05, 4.69) is 22.9 Å². The Morgan fingerprint density at radius 3 is 2.57 bits per heavy atom. The van der Waals surface area contributed by atoms with Crippen LogP contribution in [-0.4, -0.2) is 34.2 Å². The highest BCUT2D eigenvalue weighted by Crippen LogP contribution is 2.31. The Morgan fingerprint density at radius 2 is 1.79 bits per heavy atom. The molecule has 28 heavy (non-hydrogen) atoms. The minimum atomic E-state index is -0.216. The van der Waals surface area contributed by atoms with Crippen molar-refractivity contribution in [3.8, 4) is 0 Å². The minimum absolute atomic E-state index is 0.216. The number of fused-ring (bicyclic) bond motifs is 1. The van der Waals surface area contributed by atoms with Gasteiger partial charge in [-0.3, -0.25) is 4.79 Å². The van der Waals surface area contributed by atoms with E-state index in [-0.39, 0.29) is 11.7 Å². The first-order chi connectivity index (χ1) is 13.7. The van der Waals surface area contributed by atoms with Crippen LogP contribution in [0.5, 0.6) is 0 Å². The summed E-state index contributed by atoms with van der Waals surface area (Å²) in [7, 11) is 0. The molecular formula is C23H25FN2OS. The first kappa shape index (κ1) is 19.1. The molecule has 5 heteroatoms. The molecule has 0 bridgehead atoms. The molecular weight excluding hydrogens is 371 g/mol. The van der Waals surface area contributed by atoms with E-state index in [1.807, 2.05) is 23.1 Å². The monoisotopic (exact) mass is 396 g/mol. The Balaban J connectivity index is 1.51. The molecule has 0 radical (unpaired) electrons. The van der Waals surface area contributed by atoms with Crippen molar-refractivity contribution in [2.75, 3.05) is 18.8 Å². The van der Waals surface area contributed by atoms with Crippen LogP contribution in [0.2, 0.25) is 0 Å². The lowest BCUT2D eigenvalue weighted by Crippen LogP contribution is -2.33. The Labute approximate surface area is 169 Å². The molecule has 146 valence electrons. The SMILES string of the molecule is O=C(CSc1cn(Cc2cccc(F)c2)c2ccccc12)N1CCCCCC1. The lowest BCUT2D eigenvalue weighted by atomic mass is 10.2. The van der Waals surface area contributed by atoms with Crippen molar-refractivity contribution in [3.05, 3.63) is 66.1 Å². The third-order valence-corrected chi connectivity index (χ3v) is 6.33. The molecule has 4 rings (SSSR count). The summed E-state index contributed by atoms with van der Waals surface area (Å²) in [6.07, 6.45) is 6.78. The highest BCUT2D eigenvalue weighted by Gasteiger charge is 2.17. The molecule has 0 spiro atoms. The Morgan fingerprint density at radius 1 is 1.00 bits per heavy atom. The highest BCUT2D eigenvalue weighted by molar-refractivity contribution is 8.00. The standard InChI is InChI=1S/C23H25FN2OS/c24-19-9-7-8-18(14-19)15-26-16-22(20-10-3-4-11-21(20)26)28-17-23(27)25-12-5-1-2-6-13-25/h3-4,7-11,14,16H,1-2,5-6,12-13,15,17H2. The predicted octanol–water partition coefficient (Wildman–Crippen LogP) is 5.32. The maximum absolute atomic E-state index is 13.5. The molecule has 3 nitrogen and oxygen atoms in total. The first-order valence-corrected chi connectivity index (χ1v) is 10.9. The Hall–Kier alpha value is -2.27. The number of hydrogen-bond acceptors (Lipinski definition) is 2. The molecule has 1 fully saturated rings. The second-order valence-corrected chi connectivity index (χ2v) is 8.37. The highest BCUT2D eigenvalue weighted by atomic mass is 32.2. The van der Waals surface area contributed by atoms with Crippen LogP contribution in [0.1, 0.15) is 31.2 Å².